The van der Waals surface area contributed by atoms with Gasteiger partial charge >= 0.3 is 0 Å². The molecule has 0 aromatic heterocycles. The fourth-order valence-electron chi connectivity index (χ4n) is 3.02. The SMILES string of the molecule is CCCNC(=O)[C@H](C)N(CCc1ccccc1)C(=O)CSCc1ccc([N+](=O)[O-])cc1. The highest BCUT2D eigenvalue weighted by atomic mass is 32.2. The fraction of sp³-hybridized carbons (Fsp3) is 0.391. The maximum absolute atomic E-state index is 13.0. The van der Waals surface area contributed by atoms with Gasteiger partial charge in [0.15, 0.2) is 0 Å². The molecule has 2 rings (SSSR count). The molecule has 2 aromatic rings. The molecule has 0 saturated heterocycles. The molecule has 0 aliphatic rings. The molecule has 2 aromatic carbocycles. The van der Waals surface area contributed by atoms with Gasteiger partial charge in [0.05, 0.1) is 10.7 Å². The molecule has 0 aliphatic heterocycles. The van der Waals surface area contributed by atoms with Crippen LogP contribution in [0.3, 0.4) is 0 Å². The predicted octanol–water partition coefficient (Wildman–Crippen LogP) is 3.81. The monoisotopic (exact) mass is 443 g/mol. The van der Waals surface area contributed by atoms with Crippen LogP contribution in [-0.2, 0) is 21.8 Å². The van der Waals surface area contributed by atoms with Crippen LogP contribution >= 0.6 is 11.8 Å². The quantitative estimate of drug-likeness (QED) is 0.398. The molecule has 0 aliphatic carbocycles. The van der Waals surface area contributed by atoms with Crippen molar-refractivity contribution in [3.8, 4) is 0 Å². The third kappa shape index (κ3) is 8.05. The van der Waals surface area contributed by atoms with Crippen LogP contribution in [0.1, 0.15) is 31.4 Å². The van der Waals surface area contributed by atoms with Crippen molar-refractivity contribution < 1.29 is 14.5 Å². The smallest absolute Gasteiger partial charge is 0.269 e. The lowest BCUT2D eigenvalue weighted by atomic mass is 10.1. The van der Waals surface area contributed by atoms with E-state index in [4.69, 9.17) is 0 Å². The molecule has 8 heteroatoms. The molecule has 7 nitrogen and oxygen atoms in total. The molecule has 0 saturated carbocycles. The Kier molecular flexibility index (Phi) is 10.0. The number of hydrogen-bond donors (Lipinski definition) is 1. The maximum Gasteiger partial charge on any atom is 0.269 e. The third-order valence-corrected chi connectivity index (χ3v) is 5.83. The molecule has 0 spiro atoms. The second-order valence-electron chi connectivity index (χ2n) is 7.21. The average Bonchev–Trinajstić information content (AvgIpc) is 2.78. The number of nitrogens with zero attached hydrogens (tertiary/aromatic N) is 2. The van der Waals surface area contributed by atoms with Gasteiger partial charge in [0.25, 0.3) is 5.69 Å². The number of nitro benzene ring substituents is 1. The van der Waals surface area contributed by atoms with E-state index in [1.807, 2.05) is 37.3 Å². The van der Waals surface area contributed by atoms with Gasteiger partial charge in [-0.05, 0) is 30.9 Å². The second-order valence-corrected chi connectivity index (χ2v) is 8.19. The topological polar surface area (TPSA) is 92.6 Å². The highest BCUT2D eigenvalue weighted by Gasteiger charge is 2.25. The van der Waals surface area contributed by atoms with Crippen LogP contribution < -0.4 is 5.32 Å². The van der Waals surface area contributed by atoms with Crippen LogP contribution in [0.4, 0.5) is 5.69 Å². The number of thioether (sulfide) groups is 1. The van der Waals surface area contributed by atoms with Crippen LogP contribution in [0, 0.1) is 10.1 Å². The predicted molar refractivity (Wildman–Crippen MR) is 124 cm³/mol. The Balaban J connectivity index is 1.96. The number of nitro groups is 1. The summed E-state index contributed by atoms with van der Waals surface area (Å²) >= 11 is 1.43. The van der Waals surface area contributed by atoms with Crippen molar-refractivity contribution in [1.29, 1.82) is 0 Å². The van der Waals surface area contributed by atoms with E-state index >= 15 is 0 Å². The van der Waals surface area contributed by atoms with Gasteiger partial charge in [0, 0.05) is 31.0 Å². The first-order chi connectivity index (χ1) is 14.9. The standard InChI is InChI=1S/C23H29N3O4S/c1-3-14-24-23(28)18(2)25(15-13-19-7-5-4-6-8-19)22(27)17-31-16-20-9-11-21(12-10-20)26(29)30/h4-12,18H,3,13-17H2,1-2H3,(H,24,28)/t18-/m0/s1. The van der Waals surface area contributed by atoms with E-state index in [-0.39, 0.29) is 23.3 Å². The summed E-state index contributed by atoms with van der Waals surface area (Å²) in [6.45, 7) is 4.79. The second kappa shape index (κ2) is 12.7. The Morgan fingerprint density at radius 1 is 1.10 bits per heavy atom. The molecule has 0 radical (unpaired) electrons. The van der Waals surface area contributed by atoms with Crippen molar-refractivity contribution in [2.24, 2.45) is 0 Å². The normalized spacial score (nSPS) is 11.5. The first kappa shape index (κ1) is 24.4. The minimum atomic E-state index is -0.553. The van der Waals surface area contributed by atoms with Gasteiger partial charge < -0.3 is 10.2 Å². The zero-order chi connectivity index (χ0) is 22.6. The molecule has 0 bridgehead atoms. The average molecular weight is 444 g/mol. The highest BCUT2D eigenvalue weighted by molar-refractivity contribution is 7.99. The minimum absolute atomic E-state index is 0.0452. The molecule has 0 fully saturated rings. The molecule has 31 heavy (non-hydrogen) atoms. The number of carbonyl (C=O) groups is 2. The molecule has 2 amide bonds. The van der Waals surface area contributed by atoms with Crippen molar-refractivity contribution in [3.63, 3.8) is 0 Å². The Morgan fingerprint density at radius 3 is 2.39 bits per heavy atom. The van der Waals surface area contributed by atoms with E-state index in [1.54, 1.807) is 24.0 Å². The molecule has 0 unspecified atom stereocenters. The summed E-state index contributed by atoms with van der Waals surface area (Å²) in [6, 6.07) is 15.6. The summed E-state index contributed by atoms with van der Waals surface area (Å²) < 4.78 is 0. The number of carbonyl (C=O) groups excluding carboxylic acids is 2. The molecular weight excluding hydrogens is 414 g/mol. The van der Waals surface area contributed by atoms with Crippen molar-refractivity contribution in [2.45, 2.75) is 38.5 Å². The first-order valence-electron chi connectivity index (χ1n) is 10.3. The summed E-state index contributed by atoms with van der Waals surface area (Å²) in [7, 11) is 0. The number of benzene rings is 2. The van der Waals surface area contributed by atoms with Gasteiger partial charge in [-0.1, -0.05) is 49.4 Å². The van der Waals surface area contributed by atoms with E-state index in [0.717, 1.165) is 17.5 Å². The van der Waals surface area contributed by atoms with Gasteiger partial charge in [-0.25, -0.2) is 0 Å². The van der Waals surface area contributed by atoms with Gasteiger partial charge in [0.1, 0.15) is 6.04 Å². The van der Waals surface area contributed by atoms with Gasteiger partial charge in [-0.3, -0.25) is 19.7 Å². The lowest BCUT2D eigenvalue weighted by Gasteiger charge is -2.28. The van der Waals surface area contributed by atoms with Crippen LogP contribution in [0.2, 0.25) is 0 Å². The number of non-ortho nitro benzene ring substituents is 1. The van der Waals surface area contributed by atoms with E-state index < -0.39 is 11.0 Å². The Hall–Kier alpha value is -2.87. The first-order valence-corrected chi connectivity index (χ1v) is 11.5. The minimum Gasteiger partial charge on any atom is -0.354 e. The summed E-state index contributed by atoms with van der Waals surface area (Å²) in [5, 5.41) is 13.6. The molecule has 1 atom stereocenters. The number of hydrogen-bond acceptors (Lipinski definition) is 5. The van der Waals surface area contributed by atoms with Gasteiger partial charge in [0.2, 0.25) is 11.8 Å². The number of rotatable bonds is 12. The molecule has 0 heterocycles. The lowest BCUT2D eigenvalue weighted by Crippen LogP contribution is -2.49. The van der Waals surface area contributed by atoms with E-state index in [9.17, 15) is 19.7 Å². The van der Waals surface area contributed by atoms with Crippen LogP contribution in [-0.4, -0.2) is 46.5 Å². The number of amides is 2. The lowest BCUT2D eigenvalue weighted by molar-refractivity contribution is -0.384. The van der Waals surface area contributed by atoms with Crippen molar-refractivity contribution in [3.05, 3.63) is 75.8 Å². The summed E-state index contributed by atoms with van der Waals surface area (Å²) in [5.41, 5.74) is 2.07. The van der Waals surface area contributed by atoms with E-state index in [2.05, 4.69) is 5.32 Å². The van der Waals surface area contributed by atoms with Crippen LogP contribution in [0.5, 0.6) is 0 Å². The summed E-state index contributed by atoms with van der Waals surface area (Å²) in [6.07, 6.45) is 1.51. The molecule has 166 valence electrons. The highest BCUT2D eigenvalue weighted by Crippen LogP contribution is 2.18. The third-order valence-electron chi connectivity index (χ3n) is 4.84. The van der Waals surface area contributed by atoms with Gasteiger partial charge in [-0.15, -0.1) is 11.8 Å². The number of nitrogens with one attached hydrogen (secondary N) is 1. The maximum atomic E-state index is 13.0. The summed E-state index contributed by atoms with van der Waals surface area (Å²) in [5.74, 6) is 0.551. The van der Waals surface area contributed by atoms with Crippen molar-refractivity contribution >= 4 is 29.3 Å². The van der Waals surface area contributed by atoms with Crippen molar-refractivity contribution in [2.75, 3.05) is 18.8 Å². The van der Waals surface area contributed by atoms with Crippen LogP contribution in [0.25, 0.3) is 0 Å². The fourth-order valence-corrected chi connectivity index (χ4v) is 3.89. The van der Waals surface area contributed by atoms with Gasteiger partial charge in [-0.2, -0.15) is 0 Å². The Morgan fingerprint density at radius 2 is 1.77 bits per heavy atom. The van der Waals surface area contributed by atoms with Crippen LogP contribution in [0.15, 0.2) is 54.6 Å². The van der Waals surface area contributed by atoms with Crippen molar-refractivity contribution in [1.82, 2.24) is 10.2 Å². The zero-order valence-electron chi connectivity index (χ0n) is 18.0. The Bertz CT molecular complexity index is 859. The zero-order valence-corrected chi connectivity index (χ0v) is 18.8. The molecular formula is C23H29N3O4S. The largest absolute Gasteiger partial charge is 0.354 e. The van der Waals surface area contributed by atoms with E-state index in [1.165, 1.54) is 23.9 Å². The summed E-state index contributed by atoms with van der Waals surface area (Å²) in [4.78, 5) is 37.4. The van der Waals surface area contributed by atoms with E-state index in [0.29, 0.717) is 25.3 Å². The Labute approximate surface area is 187 Å². The molecule has 1 N–H and O–H groups in total.